The summed E-state index contributed by atoms with van der Waals surface area (Å²) in [4.78, 5) is 11.7. The number of furan rings is 1. The van der Waals surface area contributed by atoms with Crippen molar-refractivity contribution in [1.29, 1.82) is 0 Å². The van der Waals surface area contributed by atoms with Gasteiger partial charge in [0.25, 0.3) is 0 Å². The van der Waals surface area contributed by atoms with Crippen LogP contribution in [0.5, 0.6) is 0 Å². The van der Waals surface area contributed by atoms with Crippen molar-refractivity contribution in [3.63, 3.8) is 0 Å². The van der Waals surface area contributed by atoms with Gasteiger partial charge in [0, 0.05) is 13.0 Å². The van der Waals surface area contributed by atoms with Crippen molar-refractivity contribution in [1.82, 2.24) is 5.32 Å². The van der Waals surface area contributed by atoms with E-state index in [1.54, 1.807) is 6.26 Å². The van der Waals surface area contributed by atoms with Crippen LogP contribution >= 0.6 is 0 Å². The first kappa shape index (κ1) is 13.4. The lowest BCUT2D eigenvalue weighted by atomic mass is 10.1. The third-order valence-corrected chi connectivity index (χ3v) is 2.99. The fraction of sp³-hybridized carbons (Fsp3) is 0.312. The van der Waals surface area contributed by atoms with Crippen molar-refractivity contribution in [3.05, 3.63) is 59.5 Å². The maximum absolute atomic E-state index is 11.7. The Hall–Kier alpha value is -2.03. The lowest BCUT2D eigenvalue weighted by Crippen LogP contribution is -2.26. The molecular formula is C16H19NO2. The highest BCUT2D eigenvalue weighted by molar-refractivity contribution is 5.78. The van der Waals surface area contributed by atoms with Gasteiger partial charge in [-0.05, 0) is 31.0 Å². The van der Waals surface area contributed by atoms with E-state index in [0.29, 0.717) is 13.0 Å². The molecule has 0 radical (unpaired) electrons. The van der Waals surface area contributed by atoms with Crippen LogP contribution in [0.2, 0.25) is 0 Å². The smallest absolute Gasteiger partial charge is 0.224 e. The summed E-state index contributed by atoms with van der Waals surface area (Å²) in [5.41, 5.74) is 2.26. The quantitative estimate of drug-likeness (QED) is 0.808. The summed E-state index contributed by atoms with van der Waals surface area (Å²) in [6, 6.07) is 11.9. The SMILES string of the molecule is Cc1ccc(CC(=O)NCCCc2ccco2)cc1. The third-order valence-electron chi connectivity index (χ3n) is 2.99. The minimum atomic E-state index is 0.0725. The maximum atomic E-state index is 11.7. The number of amides is 1. The van der Waals surface area contributed by atoms with Gasteiger partial charge in [0.15, 0.2) is 0 Å². The normalized spacial score (nSPS) is 10.4. The number of rotatable bonds is 6. The Morgan fingerprint density at radius 3 is 2.68 bits per heavy atom. The number of carbonyl (C=O) groups excluding carboxylic acids is 1. The Morgan fingerprint density at radius 1 is 1.21 bits per heavy atom. The molecule has 1 aromatic carbocycles. The fourth-order valence-corrected chi connectivity index (χ4v) is 1.90. The largest absolute Gasteiger partial charge is 0.469 e. The van der Waals surface area contributed by atoms with Crippen molar-refractivity contribution in [3.8, 4) is 0 Å². The molecular weight excluding hydrogens is 238 g/mol. The molecule has 0 fully saturated rings. The Bertz CT molecular complexity index is 500. The van der Waals surface area contributed by atoms with E-state index in [1.165, 1.54) is 5.56 Å². The van der Waals surface area contributed by atoms with Gasteiger partial charge in [0.05, 0.1) is 12.7 Å². The summed E-state index contributed by atoms with van der Waals surface area (Å²) in [6.07, 6.45) is 3.87. The molecule has 0 unspecified atom stereocenters. The number of hydrogen-bond donors (Lipinski definition) is 1. The van der Waals surface area contributed by atoms with Crippen LogP contribution in [0.4, 0.5) is 0 Å². The minimum absolute atomic E-state index is 0.0725. The van der Waals surface area contributed by atoms with Gasteiger partial charge in [0.1, 0.15) is 5.76 Å². The highest BCUT2D eigenvalue weighted by Crippen LogP contribution is 2.04. The molecule has 1 amide bonds. The Labute approximate surface area is 113 Å². The van der Waals surface area contributed by atoms with Gasteiger partial charge >= 0.3 is 0 Å². The van der Waals surface area contributed by atoms with Gasteiger partial charge in [-0.2, -0.15) is 0 Å². The lowest BCUT2D eigenvalue weighted by Gasteiger charge is -2.05. The Balaban J connectivity index is 1.65. The number of hydrogen-bond acceptors (Lipinski definition) is 2. The van der Waals surface area contributed by atoms with Crippen LogP contribution in [0, 0.1) is 6.92 Å². The maximum Gasteiger partial charge on any atom is 0.224 e. The van der Waals surface area contributed by atoms with Crippen LogP contribution < -0.4 is 5.32 Å². The van der Waals surface area contributed by atoms with Gasteiger partial charge in [-0.15, -0.1) is 0 Å². The second-order valence-electron chi connectivity index (χ2n) is 4.70. The molecule has 0 saturated carbocycles. The van der Waals surface area contributed by atoms with Crippen LogP contribution in [0.25, 0.3) is 0 Å². The van der Waals surface area contributed by atoms with E-state index in [1.807, 2.05) is 43.3 Å². The number of carbonyl (C=O) groups is 1. The predicted octanol–water partition coefficient (Wildman–Crippen LogP) is 2.88. The molecule has 2 rings (SSSR count). The summed E-state index contributed by atoms with van der Waals surface area (Å²) in [5, 5.41) is 2.93. The molecule has 3 heteroatoms. The summed E-state index contributed by atoms with van der Waals surface area (Å²) < 4.78 is 5.23. The molecule has 2 aromatic rings. The third kappa shape index (κ3) is 4.62. The van der Waals surface area contributed by atoms with E-state index in [9.17, 15) is 4.79 Å². The topological polar surface area (TPSA) is 42.2 Å². The van der Waals surface area contributed by atoms with Crippen LogP contribution in [0.3, 0.4) is 0 Å². The average molecular weight is 257 g/mol. The molecule has 0 bridgehead atoms. The van der Waals surface area contributed by atoms with Gasteiger partial charge in [-0.1, -0.05) is 29.8 Å². The highest BCUT2D eigenvalue weighted by Gasteiger charge is 2.03. The second kappa shape index (κ2) is 6.78. The minimum Gasteiger partial charge on any atom is -0.469 e. The first-order valence-corrected chi connectivity index (χ1v) is 6.58. The molecule has 1 heterocycles. The average Bonchev–Trinajstić information content (AvgIpc) is 2.91. The molecule has 0 atom stereocenters. The molecule has 1 N–H and O–H groups in total. The van der Waals surface area contributed by atoms with Crippen LogP contribution in [-0.2, 0) is 17.6 Å². The van der Waals surface area contributed by atoms with E-state index >= 15 is 0 Å². The monoisotopic (exact) mass is 257 g/mol. The predicted molar refractivity (Wildman–Crippen MR) is 74.9 cm³/mol. The van der Waals surface area contributed by atoms with Crippen molar-refractivity contribution in [2.75, 3.05) is 6.54 Å². The van der Waals surface area contributed by atoms with Gasteiger partial charge in [-0.3, -0.25) is 4.79 Å². The summed E-state index contributed by atoms with van der Waals surface area (Å²) >= 11 is 0. The Kier molecular flexibility index (Phi) is 4.78. The summed E-state index contributed by atoms with van der Waals surface area (Å²) in [7, 11) is 0. The molecule has 0 aliphatic rings. The van der Waals surface area contributed by atoms with E-state index in [0.717, 1.165) is 24.2 Å². The van der Waals surface area contributed by atoms with Gasteiger partial charge in [0.2, 0.25) is 5.91 Å². The first-order valence-electron chi connectivity index (χ1n) is 6.58. The molecule has 0 saturated heterocycles. The number of aryl methyl sites for hydroxylation is 2. The van der Waals surface area contributed by atoms with E-state index in [-0.39, 0.29) is 5.91 Å². The summed E-state index contributed by atoms with van der Waals surface area (Å²) in [5.74, 6) is 1.04. The van der Waals surface area contributed by atoms with Crippen molar-refractivity contribution in [2.45, 2.75) is 26.2 Å². The molecule has 100 valence electrons. The van der Waals surface area contributed by atoms with E-state index in [2.05, 4.69) is 5.32 Å². The van der Waals surface area contributed by atoms with Crippen molar-refractivity contribution >= 4 is 5.91 Å². The number of nitrogens with one attached hydrogen (secondary N) is 1. The second-order valence-corrected chi connectivity index (χ2v) is 4.70. The van der Waals surface area contributed by atoms with Crippen LogP contribution in [-0.4, -0.2) is 12.5 Å². The molecule has 1 aromatic heterocycles. The highest BCUT2D eigenvalue weighted by atomic mass is 16.3. The first-order chi connectivity index (χ1) is 9.24. The van der Waals surface area contributed by atoms with Gasteiger partial charge in [-0.25, -0.2) is 0 Å². The molecule has 0 spiro atoms. The molecule has 19 heavy (non-hydrogen) atoms. The zero-order valence-electron chi connectivity index (χ0n) is 11.2. The van der Waals surface area contributed by atoms with Crippen molar-refractivity contribution < 1.29 is 9.21 Å². The lowest BCUT2D eigenvalue weighted by molar-refractivity contribution is -0.120. The summed E-state index contributed by atoms with van der Waals surface area (Å²) in [6.45, 7) is 2.73. The van der Waals surface area contributed by atoms with Gasteiger partial charge < -0.3 is 9.73 Å². The number of benzene rings is 1. The molecule has 3 nitrogen and oxygen atoms in total. The standard InChI is InChI=1S/C16H19NO2/c1-13-6-8-14(9-7-13)12-16(18)17-10-2-4-15-5-3-11-19-15/h3,5-9,11H,2,4,10,12H2,1H3,(H,17,18). The fourth-order valence-electron chi connectivity index (χ4n) is 1.90. The Morgan fingerprint density at radius 2 is 2.00 bits per heavy atom. The van der Waals surface area contributed by atoms with Crippen LogP contribution in [0.1, 0.15) is 23.3 Å². The zero-order chi connectivity index (χ0) is 13.5. The van der Waals surface area contributed by atoms with E-state index in [4.69, 9.17) is 4.42 Å². The van der Waals surface area contributed by atoms with Crippen LogP contribution in [0.15, 0.2) is 47.1 Å². The zero-order valence-corrected chi connectivity index (χ0v) is 11.2. The van der Waals surface area contributed by atoms with E-state index < -0.39 is 0 Å². The van der Waals surface area contributed by atoms with Crippen molar-refractivity contribution in [2.24, 2.45) is 0 Å². The molecule has 0 aliphatic heterocycles. The molecule has 0 aliphatic carbocycles.